The number of hydrogen-bond acceptors (Lipinski definition) is 2. The molecule has 8 heteroatoms. The SMILES string of the molecule is Nc1ccc(NC(=S)Nc2ccc(C(F)(F)F)c(Cl)c2)cc1. The number of anilines is 3. The van der Waals surface area contributed by atoms with Crippen LogP contribution in [-0.2, 0) is 6.18 Å². The highest BCUT2D eigenvalue weighted by Crippen LogP contribution is 2.35. The number of nitrogens with two attached hydrogens (primary N) is 1. The van der Waals surface area contributed by atoms with Gasteiger partial charge in [-0.3, -0.25) is 0 Å². The van der Waals surface area contributed by atoms with Crippen LogP contribution in [0.25, 0.3) is 0 Å². The number of nitrogen functional groups attached to an aromatic ring is 1. The number of benzene rings is 2. The summed E-state index contributed by atoms with van der Waals surface area (Å²) in [4.78, 5) is 0. The van der Waals surface area contributed by atoms with Crippen molar-refractivity contribution in [3.63, 3.8) is 0 Å². The van der Waals surface area contributed by atoms with E-state index >= 15 is 0 Å². The molecule has 0 aliphatic rings. The van der Waals surface area contributed by atoms with Crippen molar-refractivity contribution in [3.05, 3.63) is 53.1 Å². The number of thiocarbonyl (C=S) groups is 1. The van der Waals surface area contributed by atoms with E-state index in [0.29, 0.717) is 17.1 Å². The van der Waals surface area contributed by atoms with Crippen LogP contribution in [0.2, 0.25) is 5.02 Å². The van der Waals surface area contributed by atoms with Gasteiger partial charge in [-0.05, 0) is 54.7 Å². The zero-order valence-electron chi connectivity index (χ0n) is 11.0. The molecular weight excluding hydrogens is 335 g/mol. The van der Waals surface area contributed by atoms with Gasteiger partial charge in [0.15, 0.2) is 5.11 Å². The predicted molar refractivity (Wildman–Crippen MR) is 87.2 cm³/mol. The molecule has 0 spiro atoms. The van der Waals surface area contributed by atoms with Gasteiger partial charge >= 0.3 is 6.18 Å². The van der Waals surface area contributed by atoms with Gasteiger partial charge in [0, 0.05) is 17.1 Å². The van der Waals surface area contributed by atoms with E-state index in [1.165, 1.54) is 12.1 Å². The number of nitrogens with one attached hydrogen (secondary N) is 2. The van der Waals surface area contributed by atoms with Gasteiger partial charge in [-0.1, -0.05) is 11.6 Å². The minimum atomic E-state index is -4.49. The Morgan fingerprint density at radius 2 is 1.55 bits per heavy atom. The van der Waals surface area contributed by atoms with Crippen molar-refractivity contribution in [2.75, 3.05) is 16.4 Å². The van der Waals surface area contributed by atoms with Gasteiger partial charge < -0.3 is 16.4 Å². The van der Waals surface area contributed by atoms with Gasteiger partial charge in [0.05, 0.1) is 10.6 Å². The Morgan fingerprint density at radius 3 is 2.09 bits per heavy atom. The highest BCUT2D eigenvalue weighted by molar-refractivity contribution is 7.80. The first-order valence-corrected chi connectivity index (χ1v) is 6.84. The van der Waals surface area contributed by atoms with Crippen LogP contribution in [0.3, 0.4) is 0 Å². The second-order valence-corrected chi connectivity index (χ2v) is 5.21. The first-order valence-electron chi connectivity index (χ1n) is 6.06. The van der Waals surface area contributed by atoms with Crippen LogP contribution >= 0.6 is 23.8 Å². The molecule has 2 aromatic carbocycles. The van der Waals surface area contributed by atoms with Crippen LogP contribution < -0.4 is 16.4 Å². The lowest BCUT2D eigenvalue weighted by Gasteiger charge is -2.13. The van der Waals surface area contributed by atoms with Crippen molar-refractivity contribution in [3.8, 4) is 0 Å². The maximum absolute atomic E-state index is 12.6. The lowest BCUT2D eigenvalue weighted by molar-refractivity contribution is -0.137. The second kappa shape index (κ2) is 6.41. The average molecular weight is 346 g/mol. The first kappa shape index (κ1) is 16.4. The van der Waals surface area contributed by atoms with Gasteiger partial charge in [-0.2, -0.15) is 13.2 Å². The summed E-state index contributed by atoms with van der Waals surface area (Å²) >= 11 is 10.7. The van der Waals surface area contributed by atoms with E-state index in [4.69, 9.17) is 29.6 Å². The molecule has 0 aliphatic carbocycles. The largest absolute Gasteiger partial charge is 0.417 e. The average Bonchev–Trinajstić information content (AvgIpc) is 2.40. The normalized spacial score (nSPS) is 11.1. The molecule has 3 nitrogen and oxygen atoms in total. The highest BCUT2D eigenvalue weighted by atomic mass is 35.5. The molecule has 2 rings (SSSR count). The van der Waals surface area contributed by atoms with Crippen LogP contribution in [0, 0.1) is 0 Å². The lowest BCUT2D eigenvalue weighted by atomic mass is 10.2. The lowest BCUT2D eigenvalue weighted by Crippen LogP contribution is -2.19. The van der Waals surface area contributed by atoms with E-state index in [-0.39, 0.29) is 5.11 Å². The number of halogens is 4. The van der Waals surface area contributed by atoms with Gasteiger partial charge in [0.25, 0.3) is 0 Å². The molecule has 2 aromatic rings. The number of alkyl halides is 3. The van der Waals surface area contributed by atoms with Gasteiger partial charge in [0.1, 0.15) is 0 Å². The number of rotatable bonds is 2. The van der Waals surface area contributed by atoms with Gasteiger partial charge in [-0.25, -0.2) is 0 Å². The number of hydrogen-bond donors (Lipinski definition) is 3. The van der Waals surface area contributed by atoms with Crippen molar-refractivity contribution >= 4 is 46.0 Å². The van der Waals surface area contributed by atoms with Gasteiger partial charge in [0.2, 0.25) is 0 Å². The third-order valence-electron chi connectivity index (χ3n) is 2.70. The zero-order chi connectivity index (χ0) is 16.3. The molecule has 0 saturated heterocycles. The molecule has 0 aliphatic heterocycles. The van der Waals surface area contributed by atoms with Crippen molar-refractivity contribution in [2.24, 2.45) is 0 Å². The van der Waals surface area contributed by atoms with E-state index in [9.17, 15) is 13.2 Å². The van der Waals surface area contributed by atoms with E-state index in [1.54, 1.807) is 24.3 Å². The molecule has 0 bridgehead atoms. The molecule has 0 fully saturated rings. The van der Waals surface area contributed by atoms with Crippen LogP contribution in [0.15, 0.2) is 42.5 Å². The molecule has 0 saturated carbocycles. The second-order valence-electron chi connectivity index (χ2n) is 4.39. The molecular formula is C14H11ClF3N3S. The summed E-state index contributed by atoms with van der Waals surface area (Å²) in [5.74, 6) is 0. The Labute approximate surface area is 135 Å². The Bertz CT molecular complexity index is 687. The van der Waals surface area contributed by atoms with E-state index in [2.05, 4.69) is 10.6 Å². The van der Waals surface area contributed by atoms with Crippen molar-refractivity contribution in [1.82, 2.24) is 0 Å². The molecule has 116 valence electrons. The fourth-order valence-electron chi connectivity index (χ4n) is 1.68. The van der Waals surface area contributed by atoms with E-state index in [1.807, 2.05) is 0 Å². The zero-order valence-corrected chi connectivity index (χ0v) is 12.6. The molecule has 4 N–H and O–H groups in total. The van der Waals surface area contributed by atoms with Crippen LogP contribution in [0.5, 0.6) is 0 Å². The standard InChI is InChI=1S/C14H11ClF3N3S/c15-12-7-10(5-6-11(12)14(16,17)18)21-13(22)20-9-3-1-8(19)2-4-9/h1-7H,19H2,(H2,20,21,22). The van der Waals surface area contributed by atoms with Crippen molar-refractivity contribution in [2.45, 2.75) is 6.18 Å². The minimum absolute atomic E-state index is 0.223. The topological polar surface area (TPSA) is 50.1 Å². The summed E-state index contributed by atoms with van der Waals surface area (Å²) in [5.41, 5.74) is 6.33. The highest BCUT2D eigenvalue weighted by Gasteiger charge is 2.33. The Kier molecular flexibility index (Phi) is 4.77. The third-order valence-corrected chi connectivity index (χ3v) is 3.22. The third kappa shape index (κ3) is 4.25. The Balaban J connectivity index is 2.06. The first-order chi connectivity index (χ1) is 10.3. The summed E-state index contributed by atoms with van der Waals surface area (Å²) in [6, 6.07) is 10.2. The molecule has 0 radical (unpaired) electrons. The summed E-state index contributed by atoms with van der Waals surface area (Å²) < 4.78 is 37.8. The summed E-state index contributed by atoms with van der Waals surface area (Å²) in [6.07, 6.45) is -4.49. The van der Waals surface area contributed by atoms with Crippen molar-refractivity contribution in [1.29, 1.82) is 0 Å². The molecule has 0 heterocycles. The smallest absolute Gasteiger partial charge is 0.399 e. The molecule has 0 aromatic heterocycles. The Morgan fingerprint density at radius 1 is 1.00 bits per heavy atom. The fraction of sp³-hybridized carbons (Fsp3) is 0.0714. The fourth-order valence-corrected chi connectivity index (χ4v) is 2.21. The van der Waals surface area contributed by atoms with E-state index in [0.717, 1.165) is 6.07 Å². The van der Waals surface area contributed by atoms with Crippen LogP contribution in [0.4, 0.5) is 30.2 Å². The maximum atomic E-state index is 12.6. The monoisotopic (exact) mass is 345 g/mol. The molecule has 0 unspecified atom stereocenters. The van der Waals surface area contributed by atoms with E-state index < -0.39 is 16.8 Å². The Hall–Kier alpha value is -1.99. The van der Waals surface area contributed by atoms with Crippen LogP contribution in [-0.4, -0.2) is 5.11 Å². The van der Waals surface area contributed by atoms with Gasteiger partial charge in [-0.15, -0.1) is 0 Å². The molecule has 0 amide bonds. The summed E-state index contributed by atoms with van der Waals surface area (Å²) in [5, 5.41) is 5.47. The predicted octanol–water partition coefficient (Wildman–Crippen LogP) is 4.75. The quantitative estimate of drug-likeness (QED) is 0.543. The molecule has 0 atom stereocenters. The maximum Gasteiger partial charge on any atom is 0.417 e. The van der Waals surface area contributed by atoms with Crippen LogP contribution in [0.1, 0.15) is 5.56 Å². The summed E-state index contributed by atoms with van der Waals surface area (Å²) in [6.45, 7) is 0. The van der Waals surface area contributed by atoms with Crippen molar-refractivity contribution < 1.29 is 13.2 Å². The minimum Gasteiger partial charge on any atom is -0.399 e. The molecule has 22 heavy (non-hydrogen) atoms. The summed E-state index contributed by atoms with van der Waals surface area (Å²) in [7, 11) is 0.